The lowest BCUT2D eigenvalue weighted by Crippen LogP contribution is -2.50. The predicted octanol–water partition coefficient (Wildman–Crippen LogP) is 7.53. The standard InChI is InChI=1S/C30H44O3/c1-18(9-8-10-19(2)27(32)33)21-13-15-29(6)22-11-12-25-28(4,5)26(31)14-16-30(25,7)24(22)17-23(29)20(21)3/h10,18,21,23,25H,3,8-9,11-17H2,1-2,4-7H3,(H,32,33). The van der Waals surface area contributed by atoms with E-state index in [1.54, 1.807) is 18.1 Å². The van der Waals surface area contributed by atoms with E-state index in [0.717, 1.165) is 44.9 Å². The Morgan fingerprint density at radius 2 is 1.82 bits per heavy atom. The summed E-state index contributed by atoms with van der Waals surface area (Å²) in [5.74, 6) is 1.67. The van der Waals surface area contributed by atoms with E-state index in [2.05, 4.69) is 34.6 Å². The number of carbonyl (C=O) groups is 2. The van der Waals surface area contributed by atoms with Crippen molar-refractivity contribution in [3.05, 3.63) is 34.9 Å². The Balaban J connectivity index is 1.54. The molecular weight excluding hydrogens is 408 g/mol. The summed E-state index contributed by atoms with van der Waals surface area (Å²) in [6.45, 7) is 18.1. The van der Waals surface area contributed by atoms with E-state index >= 15 is 0 Å². The van der Waals surface area contributed by atoms with Crippen LogP contribution in [-0.4, -0.2) is 16.9 Å². The molecule has 0 aromatic heterocycles. The van der Waals surface area contributed by atoms with E-state index in [1.807, 2.05) is 6.08 Å². The minimum atomic E-state index is -0.817. The first-order valence-electron chi connectivity index (χ1n) is 13.2. The minimum absolute atomic E-state index is 0.159. The Morgan fingerprint density at radius 3 is 2.48 bits per heavy atom. The highest BCUT2D eigenvalue weighted by Crippen LogP contribution is 2.69. The molecular formula is C30H44O3. The molecule has 3 heteroatoms. The van der Waals surface area contributed by atoms with E-state index < -0.39 is 5.97 Å². The van der Waals surface area contributed by atoms with E-state index in [1.165, 1.54) is 18.4 Å². The Hall–Kier alpha value is -1.64. The second kappa shape index (κ2) is 8.24. The zero-order chi connectivity index (χ0) is 24.3. The SMILES string of the molecule is C=C1C(C(C)CCC=C(C)C(=O)O)CCC2(C)C3=C(CC12)C1(C)CCC(=O)C(C)(C)C1CC3. The summed E-state index contributed by atoms with van der Waals surface area (Å²) in [4.78, 5) is 23.9. The second-order valence-electron chi connectivity index (χ2n) is 12.8. The fourth-order valence-electron chi connectivity index (χ4n) is 8.58. The van der Waals surface area contributed by atoms with E-state index in [9.17, 15) is 9.59 Å². The van der Waals surface area contributed by atoms with Gasteiger partial charge in [0.2, 0.25) is 0 Å². The average molecular weight is 453 g/mol. The van der Waals surface area contributed by atoms with Crippen LogP contribution in [0.15, 0.2) is 34.9 Å². The van der Waals surface area contributed by atoms with E-state index in [0.29, 0.717) is 35.0 Å². The molecule has 0 radical (unpaired) electrons. The maximum Gasteiger partial charge on any atom is 0.330 e. The topological polar surface area (TPSA) is 54.4 Å². The van der Waals surface area contributed by atoms with Gasteiger partial charge < -0.3 is 5.11 Å². The van der Waals surface area contributed by atoms with Crippen molar-refractivity contribution in [1.29, 1.82) is 0 Å². The molecule has 3 nitrogen and oxygen atoms in total. The number of hydrogen-bond donors (Lipinski definition) is 1. The summed E-state index contributed by atoms with van der Waals surface area (Å²) in [5, 5.41) is 9.12. The van der Waals surface area contributed by atoms with Crippen LogP contribution >= 0.6 is 0 Å². The maximum absolute atomic E-state index is 12.8. The van der Waals surface area contributed by atoms with Gasteiger partial charge in [0.1, 0.15) is 5.78 Å². The van der Waals surface area contributed by atoms with Crippen molar-refractivity contribution in [2.45, 2.75) is 99.3 Å². The van der Waals surface area contributed by atoms with Gasteiger partial charge in [-0.05, 0) is 92.8 Å². The maximum atomic E-state index is 12.8. The van der Waals surface area contributed by atoms with Crippen LogP contribution in [0, 0.1) is 39.9 Å². The van der Waals surface area contributed by atoms with Crippen molar-refractivity contribution in [3.63, 3.8) is 0 Å². The van der Waals surface area contributed by atoms with Crippen molar-refractivity contribution >= 4 is 11.8 Å². The lowest BCUT2D eigenvalue weighted by atomic mass is 9.49. The van der Waals surface area contributed by atoms with Gasteiger partial charge in [0.25, 0.3) is 0 Å². The summed E-state index contributed by atoms with van der Waals surface area (Å²) in [7, 11) is 0. The zero-order valence-electron chi connectivity index (χ0n) is 21.7. The van der Waals surface area contributed by atoms with Crippen LogP contribution in [0.1, 0.15) is 99.3 Å². The Kier molecular flexibility index (Phi) is 6.11. The fraction of sp³-hybridized carbons (Fsp3) is 0.733. The Bertz CT molecular complexity index is 934. The third-order valence-electron chi connectivity index (χ3n) is 10.8. The zero-order valence-corrected chi connectivity index (χ0v) is 21.7. The highest BCUT2D eigenvalue weighted by molar-refractivity contribution is 5.86. The summed E-state index contributed by atoms with van der Waals surface area (Å²) < 4.78 is 0. The third kappa shape index (κ3) is 3.69. The third-order valence-corrected chi connectivity index (χ3v) is 10.8. The van der Waals surface area contributed by atoms with Crippen LogP contribution in [0.2, 0.25) is 0 Å². The van der Waals surface area contributed by atoms with Gasteiger partial charge in [-0.1, -0.05) is 64.0 Å². The molecule has 0 heterocycles. The van der Waals surface area contributed by atoms with Gasteiger partial charge in [-0.3, -0.25) is 4.79 Å². The summed E-state index contributed by atoms with van der Waals surface area (Å²) in [6, 6.07) is 0. The number of fused-ring (bicyclic) bond motifs is 4. The molecule has 2 fully saturated rings. The summed E-state index contributed by atoms with van der Waals surface area (Å²) >= 11 is 0. The Labute approximate surface area is 200 Å². The second-order valence-corrected chi connectivity index (χ2v) is 12.8. The number of carbonyl (C=O) groups excluding carboxylic acids is 1. The van der Waals surface area contributed by atoms with Crippen molar-refractivity contribution in [1.82, 2.24) is 0 Å². The summed E-state index contributed by atoms with van der Waals surface area (Å²) in [5.41, 5.74) is 5.49. The van der Waals surface area contributed by atoms with Crippen molar-refractivity contribution < 1.29 is 14.7 Å². The molecule has 4 aliphatic rings. The molecule has 6 atom stereocenters. The molecule has 0 aromatic carbocycles. The number of hydrogen-bond acceptors (Lipinski definition) is 2. The molecule has 0 amide bonds. The molecule has 0 spiro atoms. The van der Waals surface area contributed by atoms with Crippen LogP contribution in [0.5, 0.6) is 0 Å². The molecule has 4 rings (SSSR count). The quantitative estimate of drug-likeness (QED) is 0.346. The highest BCUT2D eigenvalue weighted by Gasteiger charge is 2.60. The minimum Gasteiger partial charge on any atom is -0.478 e. The lowest BCUT2D eigenvalue weighted by molar-refractivity contribution is -0.139. The molecule has 33 heavy (non-hydrogen) atoms. The first-order valence-corrected chi connectivity index (χ1v) is 13.2. The lowest BCUT2D eigenvalue weighted by Gasteiger charge is -2.54. The van der Waals surface area contributed by atoms with Gasteiger partial charge >= 0.3 is 5.97 Å². The number of carboxylic acid groups (broad SMARTS) is 1. The molecule has 1 N–H and O–H groups in total. The number of carboxylic acids is 1. The number of ketones is 1. The van der Waals surface area contributed by atoms with Crippen molar-refractivity contribution in [2.75, 3.05) is 0 Å². The summed E-state index contributed by atoms with van der Waals surface area (Å²) in [6.07, 6.45) is 11.3. The van der Waals surface area contributed by atoms with Crippen LogP contribution in [0.25, 0.3) is 0 Å². The van der Waals surface area contributed by atoms with Gasteiger partial charge in [-0.15, -0.1) is 0 Å². The number of aliphatic carboxylic acids is 1. The van der Waals surface area contributed by atoms with Crippen LogP contribution < -0.4 is 0 Å². The molecule has 4 aliphatic carbocycles. The fourth-order valence-corrected chi connectivity index (χ4v) is 8.58. The van der Waals surface area contributed by atoms with Crippen molar-refractivity contribution in [2.24, 2.45) is 39.9 Å². The molecule has 0 saturated heterocycles. The normalized spacial score (nSPS) is 39.1. The number of rotatable bonds is 5. The Morgan fingerprint density at radius 1 is 1.12 bits per heavy atom. The van der Waals surface area contributed by atoms with Gasteiger partial charge in [0.15, 0.2) is 0 Å². The molecule has 6 unspecified atom stereocenters. The van der Waals surface area contributed by atoms with Crippen molar-refractivity contribution in [3.8, 4) is 0 Å². The number of Topliss-reactive ketones (excluding diaryl/α,β-unsaturated/α-hetero) is 1. The molecule has 0 bridgehead atoms. The predicted molar refractivity (Wildman–Crippen MR) is 134 cm³/mol. The molecule has 182 valence electrons. The van der Waals surface area contributed by atoms with Crippen LogP contribution in [0.3, 0.4) is 0 Å². The first kappa shape index (κ1) is 24.5. The van der Waals surface area contributed by atoms with E-state index in [-0.39, 0.29) is 16.2 Å². The van der Waals surface area contributed by atoms with Gasteiger partial charge in [0, 0.05) is 17.4 Å². The van der Waals surface area contributed by atoms with Gasteiger partial charge in [-0.25, -0.2) is 4.79 Å². The molecule has 0 aromatic rings. The monoisotopic (exact) mass is 452 g/mol. The average Bonchev–Trinajstić information content (AvgIpc) is 3.06. The molecule has 0 aliphatic heterocycles. The van der Waals surface area contributed by atoms with Crippen LogP contribution in [-0.2, 0) is 9.59 Å². The largest absolute Gasteiger partial charge is 0.478 e. The number of allylic oxidation sites excluding steroid dienone is 4. The highest BCUT2D eigenvalue weighted by atomic mass is 16.4. The van der Waals surface area contributed by atoms with Gasteiger partial charge in [0.05, 0.1) is 0 Å². The smallest absolute Gasteiger partial charge is 0.330 e. The van der Waals surface area contributed by atoms with Crippen LogP contribution in [0.4, 0.5) is 0 Å². The van der Waals surface area contributed by atoms with E-state index in [4.69, 9.17) is 11.7 Å². The van der Waals surface area contributed by atoms with Gasteiger partial charge in [-0.2, -0.15) is 0 Å². The molecule has 2 saturated carbocycles. The first-order chi connectivity index (χ1) is 15.3.